The zero-order chi connectivity index (χ0) is 18.7. The lowest BCUT2D eigenvalue weighted by atomic mass is 10.0. The average molecular weight is 376 g/mol. The molecule has 0 unspecified atom stereocenters. The standard InChI is InChI=1S/C19H24N2O4S/c1-4-24-16(22)6-5-10-21-14-12-13(17-20-9-11-26-17)7-8-15(14)25-19(2,3)18(21)23/h7-8,12H,4-6,9-11H2,1-3H3. The van der Waals surface area contributed by atoms with Crippen LogP contribution in [0.5, 0.6) is 5.75 Å². The highest BCUT2D eigenvalue weighted by Crippen LogP contribution is 2.39. The first-order valence-electron chi connectivity index (χ1n) is 8.90. The Balaban J connectivity index is 1.84. The van der Waals surface area contributed by atoms with Gasteiger partial charge >= 0.3 is 5.97 Å². The van der Waals surface area contributed by atoms with Crippen molar-refractivity contribution in [3.8, 4) is 5.75 Å². The second-order valence-corrected chi connectivity index (χ2v) is 7.78. The van der Waals surface area contributed by atoms with Crippen LogP contribution in [0.1, 0.15) is 39.2 Å². The molecule has 7 heteroatoms. The number of anilines is 1. The zero-order valence-electron chi connectivity index (χ0n) is 15.4. The summed E-state index contributed by atoms with van der Waals surface area (Å²) < 4.78 is 10.9. The fourth-order valence-corrected chi connectivity index (χ4v) is 3.90. The van der Waals surface area contributed by atoms with Gasteiger partial charge < -0.3 is 14.4 Å². The van der Waals surface area contributed by atoms with Crippen molar-refractivity contribution in [2.45, 2.75) is 39.2 Å². The summed E-state index contributed by atoms with van der Waals surface area (Å²) in [6, 6.07) is 5.85. The van der Waals surface area contributed by atoms with Crippen LogP contribution in [0.3, 0.4) is 0 Å². The molecule has 3 rings (SSSR count). The molecule has 0 radical (unpaired) electrons. The lowest BCUT2D eigenvalue weighted by Gasteiger charge is -2.39. The molecule has 1 aromatic rings. The lowest BCUT2D eigenvalue weighted by molar-refractivity contribution is -0.143. The van der Waals surface area contributed by atoms with Gasteiger partial charge in [-0.2, -0.15) is 0 Å². The third-order valence-electron chi connectivity index (χ3n) is 4.28. The van der Waals surface area contributed by atoms with Crippen molar-refractivity contribution in [2.24, 2.45) is 4.99 Å². The van der Waals surface area contributed by atoms with Gasteiger partial charge in [0, 0.05) is 30.8 Å². The van der Waals surface area contributed by atoms with Crippen molar-refractivity contribution in [2.75, 3.05) is 30.3 Å². The second kappa shape index (κ2) is 7.70. The summed E-state index contributed by atoms with van der Waals surface area (Å²) in [4.78, 5) is 30.7. The van der Waals surface area contributed by atoms with Gasteiger partial charge in [0.1, 0.15) is 5.75 Å². The number of aliphatic imine (C=N–C) groups is 1. The Hall–Kier alpha value is -2.02. The maximum atomic E-state index is 12.9. The van der Waals surface area contributed by atoms with Crippen molar-refractivity contribution in [3.63, 3.8) is 0 Å². The van der Waals surface area contributed by atoms with E-state index in [4.69, 9.17) is 9.47 Å². The van der Waals surface area contributed by atoms with Gasteiger partial charge in [-0.15, -0.1) is 11.8 Å². The van der Waals surface area contributed by atoms with E-state index in [1.54, 1.807) is 37.4 Å². The molecular formula is C19H24N2O4S. The largest absolute Gasteiger partial charge is 0.476 e. The first kappa shape index (κ1) is 18.8. The van der Waals surface area contributed by atoms with Gasteiger partial charge in [-0.1, -0.05) is 0 Å². The zero-order valence-corrected chi connectivity index (χ0v) is 16.2. The Labute approximate surface area is 157 Å². The Morgan fingerprint density at radius 2 is 2.23 bits per heavy atom. The maximum absolute atomic E-state index is 12.9. The summed E-state index contributed by atoms with van der Waals surface area (Å²) >= 11 is 1.72. The number of fused-ring (bicyclic) bond motifs is 1. The quantitative estimate of drug-likeness (QED) is 0.714. The molecule has 0 saturated carbocycles. The average Bonchev–Trinajstić information content (AvgIpc) is 3.12. The number of carbonyl (C=O) groups is 2. The normalized spacial score (nSPS) is 18.2. The number of amides is 1. The Kier molecular flexibility index (Phi) is 5.55. The third kappa shape index (κ3) is 3.87. The predicted molar refractivity (Wildman–Crippen MR) is 103 cm³/mol. The summed E-state index contributed by atoms with van der Waals surface area (Å²) in [6.07, 6.45) is 0.830. The fourth-order valence-electron chi connectivity index (χ4n) is 3.05. The molecule has 140 valence electrons. The van der Waals surface area contributed by atoms with Gasteiger partial charge in [-0.3, -0.25) is 14.6 Å². The number of thioether (sulfide) groups is 1. The van der Waals surface area contributed by atoms with Crippen LogP contribution in [0.4, 0.5) is 5.69 Å². The highest BCUT2D eigenvalue weighted by molar-refractivity contribution is 8.14. The van der Waals surface area contributed by atoms with Crippen molar-refractivity contribution in [1.82, 2.24) is 0 Å². The molecule has 0 spiro atoms. The number of rotatable bonds is 6. The molecule has 6 nitrogen and oxygen atoms in total. The first-order valence-corrected chi connectivity index (χ1v) is 9.89. The van der Waals surface area contributed by atoms with Crippen molar-refractivity contribution in [1.29, 1.82) is 0 Å². The molecule has 2 aliphatic rings. The van der Waals surface area contributed by atoms with Crippen LogP contribution < -0.4 is 9.64 Å². The van der Waals surface area contributed by atoms with Crippen molar-refractivity contribution < 1.29 is 19.1 Å². The van der Waals surface area contributed by atoms with E-state index in [1.165, 1.54) is 0 Å². The van der Waals surface area contributed by atoms with Gasteiger partial charge in [0.2, 0.25) is 0 Å². The minimum absolute atomic E-state index is 0.105. The van der Waals surface area contributed by atoms with Crippen molar-refractivity contribution >= 4 is 34.4 Å². The number of carbonyl (C=O) groups excluding carboxylic acids is 2. The van der Waals surface area contributed by atoms with Crippen LogP contribution in [0.15, 0.2) is 23.2 Å². The summed E-state index contributed by atoms with van der Waals surface area (Å²) in [5, 5.41) is 0.997. The number of esters is 1. The van der Waals surface area contributed by atoms with Gasteiger partial charge in [0.25, 0.3) is 5.91 Å². The molecular weight excluding hydrogens is 352 g/mol. The van der Waals surface area contributed by atoms with Crippen LogP contribution in [0.2, 0.25) is 0 Å². The van der Waals surface area contributed by atoms with Crippen LogP contribution in [-0.2, 0) is 14.3 Å². The SMILES string of the molecule is CCOC(=O)CCCN1C(=O)C(C)(C)Oc2ccc(C3=NCCS3)cc21. The molecule has 0 bridgehead atoms. The first-order chi connectivity index (χ1) is 12.4. The lowest BCUT2D eigenvalue weighted by Crippen LogP contribution is -2.52. The third-order valence-corrected chi connectivity index (χ3v) is 5.30. The molecule has 2 aliphatic heterocycles. The molecule has 0 aromatic heterocycles. The van der Waals surface area contributed by atoms with E-state index < -0.39 is 5.60 Å². The van der Waals surface area contributed by atoms with Crippen molar-refractivity contribution in [3.05, 3.63) is 23.8 Å². The van der Waals surface area contributed by atoms with E-state index in [9.17, 15) is 9.59 Å². The van der Waals surface area contributed by atoms with Crippen LogP contribution >= 0.6 is 11.8 Å². The molecule has 1 amide bonds. The second-order valence-electron chi connectivity index (χ2n) is 6.70. The van der Waals surface area contributed by atoms with E-state index in [-0.39, 0.29) is 18.3 Å². The van der Waals surface area contributed by atoms with Gasteiger partial charge in [0.05, 0.1) is 17.3 Å². The summed E-state index contributed by atoms with van der Waals surface area (Å²) in [7, 11) is 0. The fraction of sp³-hybridized carbons (Fsp3) is 0.526. The Morgan fingerprint density at radius 3 is 2.92 bits per heavy atom. The van der Waals surface area contributed by atoms with Crippen LogP contribution in [0.25, 0.3) is 0 Å². The highest BCUT2D eigenvalue weighted by atomic mass is 32.2. The van der Waals surface area contributed by atoms with Gasteiger partial charge in [-0.25, -0.2) is 0 Å². The minimum Gasteiger partial charge on any atom is -0.476 e. The van der Waals surface area contributed by atoms with Gasteiger partial charge in [0.15, 0.2) is 5.60 Å². The smallest absolute Gasteiger partial charge is 0.305 e. The number of benzene rings is 1. The minimum atomic E-state index is -0.932. The molecule has 1 aromatic carbocycles. The Morgan fingerprint density at radius 1 is 1.42 bits per heavy atom. The summed E-state index contributed by atoms with van der Waals surface area (Å²) in [6.45, 7) is 6.95. The van der Waals surface area contributed by atoms with E-state index in [1.807, 2.05) is 18.2 Å². The van der Waals surface area contributed by atoms with Crippen LogP contribution in [-0.4, -0.2) is 48.0 Å². The number of hydrogen-bond acceptors (Lipinski definition) is 6. The summed E-state index contributed by atoms with van der Waals surface area (Å²) in [5.74, 6) is 1.32. The molecule has 0 N–H and O–H groups in total. The van der Waals surface area contributed by atoms with E-state index in [0.717, 1.165) is 28.6 Å². The maximum Gasteiger partial charge on any atom is 0.305 e. The van der Waals surface area contributed by atoms with Crippen LogP contribution in [0, 0.1) is 0 Å². The molecule has 0 fully saturated rings. The van der Waals surface area contributed by atoms with E-state index in [0.29, 0.717) is 25.3 Å². The molecule has 0 saturated heterocycles. The number of nitrogens with zero attached hydrogens (tertiary/aromatic N) is 2. The molecule has 0 aliphatic carbocycles. The molecule has 26 heavy (non-hydrogen) atoms. The van der Waals surface area contributed by atoms with Gasteiger partial charge in [-0.05, 0) is 45.4 Å². The predicted octanol–water partition coefficient (Wildman–Crippen LogP) is 3.03. The molecule has 0 atom stereocenters. The number of hydrogen-bond donors (Lipinski definition) is 0. The number of ether oxygens (including phenoxy) is 2. The topological polar surface area (TPSA) is 68.2 Å². The highest BCUT2D eigenvalue weighted by Gasteiger charge is 2.40. The summed E-state index contributed by atoms with van der Waals surface area (Å²) in [5.41, 5.74) is 0.807. The monoisotopic (exact) mass is 376 g/mol. The van der Waals surface area contributed by atoms with E-state index in [2.05, 4.69) is 4.99 Å². The Bertz CT molecular complexity index is 745. The molecule has 2 heterocycles. The van der Waals surface area contributed by atoms with E-state index >= 15 is 0 Å².